The van der Waals surface area contributed by atoms with Crippen molar-refractivity contribution in [2.75, 3.05) is 7.11 Å². The Labute approximate surface area is 85.7 Å². The number of methoxy groups -OCH3 is 1. The van der Waals surface area contributed by atoms with E-state index in [2.05, 4.69) is 12.6 Å². The molecule has 0 atom stereocenters. The molecular weight excluding hydrogens is 212 g/mol. The predicted octanol–water partition coefficient (Wildman–Crippen LogP) is 2.34. The number of rotatable bonds is 2. The van der Waals surface area contributed by atoms with E-state index in [-0.39, 0.29) is 11.3 Å². The second-order valence-corrected chi connectivity index (χ2v) is 3.23. The molecule has 0 saturated heterocycles. The smallest absolute Gasteiger partial charge is 0.339 e. The highest BCUT2D eigenvalue weighted by Crippen LogP contribution is 2.30. The third-order valence-corrected chi connectivity index (χ3v) is 2.02. The average Bonchev–Trinajstić information content (AvgIpc) is 2.02. The molecule has 0 spiro atoms. The highest BCUT2D eigenvalue weighted by molar-refractivity contribution is 7.80. The third kappa shape index (κ3) is 2.08. The summed E-state index contributed by atoms with van der Waals surface area (Å²) in [5.41, 5.74) is 0.0139. The minimum atomic E-state index is -1.09. The van der Waals surface area contributed by atoms with E-state index in [1.807, 2.05) is 0 Å². The quantitative estimate of drug-likeness (QED) is 0.749. The zero-order valence-corrected chi connectivity index (χ0v) is 8.39. The molecule has 0 aliphatic rings. The van der Waals surface area contributed by atoms with E-state index >= 15 is 0 Å². The third-order valence-electron chi connectivity index (χ3n) is 1.47. The molecule has 0 heterocycles. The predicted molar refractivity (Wildman–Crippen MR) is 52.2 cm³/mol. The Hall–Kier alpha value is -0.870. The largest absolute Gasteiger partial charge is 0.495 e. The van der Waals surface area contributed by atoms with Gasteiger partial charge in [0.25, 0.3) is 0 Å². The molecular formula is C8H7ClO3S. The second-order valence-electron chi connectivity index (χ2n) is 2.31. The summed E-state index contributed by atoms with van der Waals surface area (Å²) in [5, 5.41) is 9.10. The van der Waals surface area contributed by atoms with Gasteiger partial charge in [0, 0.05) is 9.92 Å². The number of ether oxygens (including phenoxy) is 1. The van der Waals surface area contributed by atoms with Crippen LogP contribution in [0, 0.1) is 0 Å². The number of carboxylic acid groups (broad SMARTS) is 1. The molecule has 1 N–H and O–H groups in total. The SMILES string of the molecule is COc1c(S)cc(Cl)cc1C(=O)O. The Morgan fingerprint density at radius 2 is 2.23 bits per heavy atom. The van der Waals surface area contributed by atoms with E-state index in [1.54, 1.807) is 0 Å². The van der Waals surface area contributed by atoms with Crippen LogP contribution in [0.3, 0.4) is 0 Å². The van der Waals surface area contributed by atoms with Crippen LogP contribution < -0.4 is 4.74 Å². The van der Waals surface area contributed by atoms with Crippen molar-refractivity contribution >= 4 is 30.2 Å². The minimum Gasteiger partial charge on any atom is -0.495 e. The molecule has 0 aliphatic heterocycles. The standard InChI is InChI=1S/C8H7ClO3S/c1-12-7-5(8(10)11)2-4(9)3-6(7)13/h2-3,13H,1H3,(H,10,11). The van der Waals surface area contributed by atoms with Crippen LogP contribution in [0.25, 0.3) is 0 Å². The van der Waals surface area contributed by atoms with E-state index < -0.39 is 5.97 Å². The van der Waals surface area contributed by atoms with Crippen LogP contribution >= 0.6 is 24.2 Å². The van der Waals surface area contributed by atoms with Gasteiger partial charge in [-0.3, -0.25) is 0 Å². The lowest BCUT2D eigenvalue weighted by atomic mass is 10.2. The van der Waals surface area contributed by atoms with Gasteiger partial charge < -0.3 is 9.84 Å². The lowest BCUT2D eigenvalue weighted by Gasteiger charge is -2.07. The lowest BCUT2D eigenvalue weighted by Crippen LogP contribution is -2.01. The van der Waals surface area contributed by atoms with Crippen molar-refractivity contribution in [3.63, 3.8) is 0 Å². The molecule has 13 heavy (non-hydrogen) atoms. The Morgan fingerprint density at radius 3 is 2.69 bits per heavy atom. The zero-order chi connectivity index (χ0) is 10.0. The van der Waals surface area contributed by atoms with Gasteiger partial charge in [0.05, 0.1) is 7.11 Å². The van der Waals surface area contributed by atoms with Crippen LogP contribution in [-0.2, 0) is 0 Å². The van der Waals surface area contributed by atoms with Gasteiger partial charge >= 0.3 is 5.97 Å². The van der Waals surface area contributed by atoms with Crippen molar-refractivity contribution in [2.24, 2.45) is 0 Å². The molecule has 0 amide bonds. The number of halogens is 1. The highest BCUT2D eigenvalue weighted by atomic mass is 35.5. The van der Waals surface area contributed by atoms with E-state index in [0.717, 1.165) is 0 Å². The fraction of sp³-hybridized carbons (Fsp3) is 0.125. The number of hydrogen-bond acceptors (Lipinski definition) is 3. The van der Waals surface area contributed by atoms with E-state index in [0.29, 0.717) is 9.92 Å². The van der Waals surface area contributed by atoms with Gasteiger partial charge in [0.2, 0.25) is 0 Å². The first kappa shape index (κ1) is 10.2. The number of carboxylic acids is 1. The zero-order valence-electron chi connectivity index (χ0n) is 6.74. The van der Waals surface area contributed by atoms with Gasteiger partial charge in [0.1, 0.15) is 11.3 Å². The fourth-order valence-electron chi connectivity index (χ4n) is 0.953. The average molecular weight is 219 g/mol. The Kier molecular flexibility index (Phi) is 3.06. The Morgan fingerprint density at radius 1 is 1.62 bits per heavy atom. The van der Waals surface area contributed by atoms with Gasteiger partial charge in [-0.15, -0.1) is 12.6 Å². The first-order valence-electron chi connectivity index (χ1n) is 3.36. The van der Waals surface area contributed by atoms with Crippen LogP contribution in [0.5, 0.6) is 5.75 Å². The van der Waals surface area contributed by atoms with Crippen molar-refractivity contribution in [2.45, 2.75) is 4.90 Å². The lowest BCUT2D eigenvalue weighted by molar-refractivity contribution is 0.0693. The number of carbonyl (C=O) groups is 1. The summed E-state index contributed by atoms with van der Waals surface area (Å²) in [6.45, 7) is 0. The summed E-state index contributed by atoms with van der Waals surface area (Å²) < 4.78 is 4.88. The van der Waals surface area contributed by atoms with Gasteiger partial charge in [-0.25, -0.2) is 4.79 Å². The molecule has 1 rings (SSSR count). The molecule has 0 aliphatic carbocycles. The molecule has 0 fully saturated rings. The highest BCUT2D eigenvalue weighted by Gasteiger charge is 2.14. The number of benzene rings is 1. The van der Waals surface area contributed by atoms with E-state index in [4.69, 9.17) is 21.4 Å². The molecule has 1 aromatic carbocycles. The monoisotopic (exact) mass is 218 g/mol. The molecule has 0 unspecified atom stereocenters. The maximum atomic E-state index is 10.7. The van der Waals surface area contributed by atoms with Crippen molar-refractivity contribution < 1.29 is 14.6 Å². The number of aromatic carboxylic acids is 1. The van der Waals surface area contributed by atoms with Crippen molar-refractivity contribution in [1.82, 2.24) is 0 Å². The summed E-state index contributed by atoms with van der Waals surface area (Å²) in [4.78, 5) is 11.1. The molecule has 0 radical (unpaired) electrons. The van der Waals surface area contributed by atoms with Gasteiger partial charge in [0.15, 0.2) is 0 Å². The molecule has 5 heteroatoms. The molecule has 70 valence electrons. The summed E-state index contributed by atoms with van der Waals surface area (Å²) in [5.74, 6) is -0.866. The summed E-state index contributed by atoms with van der Waals surface area (Å²) in [7, 11) is 1.38. The van der Waals surface area contributed by atoms with E-state index in [9.17, 15) is 4.79 Å². The van der Waals surface area contributed by atoms with E-state index in [1.165, 1.54) is 19.2 Å². The van der Waals surface area contributed by atoms with Crippen LogP contribution in [0.15, 0.2) is 17.0 Å². The molecule has 0 aromatic heterocycles. The molecule has 1 aromatic rings. The summed E-state index contributed by atoms with van der Waals surface area (Å²) >= 11 is 9.69. The fourth-order valence-corrected chi connectivity index (χ4v) is 1.60. The second kappa shape index (κ2) is 3.89. The summed E-state index contributed by atoms with van der Waals surface area (Å²) in [6.07, 6.45) is 0. The maximum Gasteiger partial charge on any atom is 0.339 e. The Balaban J connectivity index is 3.38. The van der Waals surface area contributed by atoms with Crippen molar-refractivity contribution in [3.8, 4) is 5.75 Å². The van der Waals surface area contributed by atoms with Gasteiger partial charge in [-0.1, -0.05) is 11.6 Å². The molecule has 0 saturated carbocycles. The normalized spacial score (nSPS) is 9.77. The van der Waals surface area contributed by atoms with Gasteiger partial charge in [-0.2, -0.15) is 0 Å². The van der Waals surface area contributed by atoms with Crippen LogP contribution in [0.4, 0.5) is 0 Å². The first-order chi connectivity index (χ1) is 6.06. The summed E-state index contributed by atoms with van der Waals surface area (Å²) in [6, 6.07) is 2.85. The molecule has 0 bridgehead atoms. The van der Waals surface area contributed by atoms with Crippen molar-refractivity contribution in [3.05, 3.63) is 22.7 Å². The maximum absolute atomic E-state index is 10.7. The first-order valence-corrected chi connectivity index (χ1v) is 4.18. The topological polar surface area (TPSA) is 46.5 Å². The van der Waals surface area contributed by atoms with Crippen LogP contribution in [0.1, 0.15) is 10.4 Å². The Bertz CT molecular complexity index is 351. The molecule has 3 nitrogen and oxygen atoms in total. The van der Waals surface area contributed by atoms with Crippen LogP contribution in [0.2, 0.25) is 5.02 Å². The number of thiol groups is 1. The van der Waals surface area contributed by atoms with Crippen molar-refractivity contribution in [1.29, 1.82) is 0 Å². The number of hydrogen-bond donors (Lipinski definition) is 2. The van der Waals surface area contributed by atoms with Crippen LogP contribution in [-0.4, -0.2) is 18.2 Å². The minimum absolute atomic E-state index is 0.0139. The van der Waals surface area contributed by atoms with Gasteiger partial charge in [-0.05, 0) is 12.1 Å².